The summed E-state index contributed by atoms with van der Waals surface area (Å²) in [6.45, 7) is 4.50. The molecule has 2 atom stereocenters. The molecule has 0 aromatic heterocycles. The Hall–Kier alpha value is -0.420. The molecule has 0 saturated carbocycles. The summed E-state index contributed by atoms with van der Waals surface area (Å²) in [5.74, 6) is 0.923. The zero-order valence-electron chi connectivity index (χ0n) is 11.6. The van der Waals surface area contributed by atoms with Crippen molar-refractivity contribution in [3.05, 3.63) is 0 Å². The lowest BCUT2D eigenvalue weighted by molar-refractivity contribution is -0.133. The van der Waals surface area contributed by atoms with Gasteiger partial charge in [-0.3, -0.25) is 9.00 Å². The van der Waals surface area contributed by atoms with Crippen molar-refractivity contribution in [3.63, 3.8) is 0 Å². The Bertz CT molecular complexity index is 276. The Balaban J connectivity index is 2.24. The van der Waals surface area contributed by atoms with Gasteiger partial charge in [-0.25, -0.2) is 0 Å². The van der Waals surface area contributed by atoms with Gasteiger partial charge in [0.15, 0.2) is 0 Å². The first-order valence-electron chi connectivity index (χ1n) is 6.93. The molecule has 5 heteroatoms. The Morgan fingerprint density at radius 2 is 1.89 bits per heavy atom. The van der Waals surface area contributed by atoms with Crippen molar-refractivity contribution in [2.75, 3.05) is 31.6 Å². The first-order valence-corrected chi connectivity index (χ1v) is 8.66. The van der Waals surface area contributed by atoms with Crippen LogP contribution in [-0.4, -0.2) is 52.7 Å². The third-order valence-corrected chi connectivity index (χ3v) is 4.21. The molecule has 4 nitrogen and oxygen atoms in total. The second-order valence-electron chi connectivity index (χ2n) is 5.05. The number of nitrogens with zero attached hydrogens (tertiary/aromatic N) is 1. The van der Waals surface area contributed by atoms with Crippen LogP contribution in [0.1, 0.15) is 39.0 Å². The van der Waals surface area contributed by atoms with E-state index in [1.165, 1.54) is 12.8 Å². The number of likely N-dealkylation sites (tertiary alicyclic amines) is 1. The van der Waals surface area contributed by atoms with Crippen LogP contribution in [0.15, 0.2) is 0 Å². The van der Waals surface area contributed by atoms with E-state index < -0.39 is 10.8 Å². The van der Waals surface area contributed by atoms with Crippen molar-refractivity contribution >= 4 is 16.7 Å². The molecule has 106 valence electrons. The Morgan fingerprint density at radius 1 is 1.28 bits per heavy atom. The van der Waals surface area contributed by atoms with Crippen molar-refractivity contribution in [2.45, 2.75) is 45.1 Å². The van der Waals surface area contributed by atoms with Gasteiger partial charge < -0.3 is 10.2 Å². The Morgan fingerprint density at radius 3 is 2.44 bits per heavy atom. The molecular weight excluding hydrogens is 248 g/mol. The maximum atomic E-state index is 12.2. The fourth-order valence-electron chi connectivity index (χ4n) is 2.25. The quantitative estimate of drug-likeness (QED) is 0.739. The van der Waals surface area contributed by atoms with E-state index in [4.69, 9.17) is 0 Å². The van der Waals surface area contributed by atoms with E-state index in [9.17, 15) is 9.00 Å². The summed E-state index contributed by atoms with van der Waals surface area (Å²) in [5.41, 5.74) is 0. The standard InChI is InChI=1S/C13H26N2O2S/c1-12(14-8-7-11-18(2)17)13(16)15-9-5-3-4-6-10-15/h12,14H,3-11H2,1-2H3. The maximum absolute atomic E-state index is 12.2. The molecule has 1 aliphatic heterocycles. The SMILES string of the molecule is CC(NCCCS(C)=O)C(=O)N1CCCCCC1. The van der Waals surface area contributed by atoms with Gasteiger partial charge in [0.25, 0.3) is 0 Å². The molecule has 1 N–H and O–H groups in total. The summed E-state index contributed by atoms with van der Waals surface area (Å²) < 4.78 is 10.9. The number of hydrogen-bond donors (Lipinski definition) is 1. The largest absolute Gasteiger partial charge is 0.341 e. The highest BCUT2D eigenvalue weighted by Gasteiger charge is 2.20. The number of carbonyl (C=O) groups is 1. The van der Waals surface area contributed by atoms with Crippen molar-refractivity contribution < 1.29 is 9.00 Å². The Labute approximate surface area is 113 Å². The second-order valence-corrected chi connectivity index (χ2v) is 6.60. The lowest BCUT2D eigenvalue weighted by Gasteiger charge is -2.24. The molecule has 1 heterocycles. The van der Waals surface area contributed by atoms with Gasteiger partial charge in [0.1, 0.15) is 0 Å². The topological polar surface area (TPSA) is 49.4 Å². The predicted octanol–water partition coefficient (Wildman–Crippen LogP) is 1.14. The van der Waals surface area contributed by atoms with E-state index in [0.717, 1.165) is 38.9 Å². The maximum Gasteiger partial charge on any atom is 0.239 e. The monoisotopic (exact) mass is 274 g/mol. The number of amides is 1. The summed E-state index contributed by atoms with van der Waals surface area (Å²) >= 11 is 0. The lowest BCUT2D eigenvalue weighted by Crippen LogP contribution is -2.45. The smallest absolute Gasteiger partial charge is 0.239 e. The first kappa shape index (κ1) is 15.6. The first-order chi connectivity index (χ1) is 8.61. The van der Waals surface area contributed by atoms with Gasteiger partial charge in [0.2, 0.25) is 5.91 Å². The van der Waals surface area contributed by atoms with Crippen LogP contribution < -0.4 is 5.32 Å². The lowest BCUT2D eigenvalue weighted by atomic mass is 10.2. The molecule has 0 aliphatic carbocycles. The zero-order chi connectivity index (χ0) is 13.4. The predicted molar refractivity (Wildman–Crippen MR) is 76.1 cm³/mol. The van der Waals surface area contributed by atoms with Crippen molar-refractivity contribution in [1.82, 2.24) is 10.2 Å². The molecule has 1 saturated heterocycles. The highest BCUT2D eigenvalue weighted by Crippen LogP contribution is 2.10. The van der Waals surface area contributed by atoms with Crippen LogP contribution in [0.3, 0.4) is 0 Å². The molecule has 2 unspecified atom stereocenters. The van der Waals surface area contributed by atoms with E-state index in [-0.39, 0.29) is 11.9 Å². The molecule has 1 rings (SSSR count). The van der Waals surface area contributed by atoms with E-state index in [1.54, 1.807) is 6.26 Å². The van der Waals surface area contributed by atoms with Crippen LogP contribution in [0.5, 0.6) is 0 Å². The number of rotatable bonds is 6. The number of carbonyl (C=O) groups excluding carboxylic acids is 1. The summed E-state index contributed by atoms with van der Waals surface area (Å²) in [4.78, 5) is 14.2. The van der Waals surface area contributed by atoms with Gasteiger partial charge >= 0.3 is 0 Å². The highest BCUT2D eigenvalue weighted by atomic mass is 32.2. The summed E-state index contributed by atoms with van der Waals surface area (Å²) in [6.07, 6.45) is 7.33. The molecule has 1 amide bonds. The van der Waals surface area contributed by atoms with Crippen molar-refractivity contribution in [3.8, 4) is 0 Å². The number of nitrogens with one attached hydrogen (secondary N) is 1. The van der Waals surface area contributed by atoms with Crippen molar-refractivity contribution in [1.29, 1.82) is 0 Å². The minimum atomic E-state index is -0.733. The minimum Gasteiger partial charge on any atom is -0.341 e. The number of hydrogen-bond acceptors (Lipinski definition) is 3. The Kier molecular flexibility index (Phi) is 7.51. The fraction of sp³-hybridized carbons (Fsp3) is 0.923. The van der Waals surface area contributed by atoms with Gasteiger partial charge in [-0.05, 0) is 32.7 Å². The zero-order valence-corrected chi connectivity index (χ0v) is 12.4. The van der Waals surface area contributed by atoms with Gasteiger partial charge in [-0.2, -0.15) is 0 Å². The molecule has 1 aliphatic rings. The van der Waals surface area contributed by atoms with Crippen LogP contribution in [0.25, 0.3) is 0 Å². The fourth-order valence-corrected chi connectivity index (χ4v) is 2.80. The van der Waals surface area contributed by atoms with E-state index in [1.807, 2.05) is 11.8 Å². The van der Waals surface area contributed by atoms with E-state index in [0.29, 0.717) is 5.75 Å². The van der Waals surface area contributed by atoms with Crippen LogP contribution in [0.2, 0.25) is 0 Å². The van der Waals surface area contributed by atoms with Crippen LogP contribution in [-0.2, 0) is 15.6 Å². The average molecular weight is 274 g/mol. The van der Waals surface area contributed by atoms with Crippen LogP contribution >= 0.6 is 0 Å². The second kappa shape index (κ2) is 8.64. The average Bonchev–Trinajstić information content (AvgIpc) is 2.61. The minimum absolute atomic E-state index is 0.117. The normalized spacial score (nSPS) is 20.2. The summed E-state index contributed by atoms with van der Waals surface area (Å²) in [7, 11) is -0.733. The molecule has 0 radical (unpaired) electrons. The van der Waals surface area contributed by atoms with Gasteiger partial charge in [0.05, 0.1) is 6.04 Å². The molecule has 0 aromatic rings. The third-order valence-electron chi connectivity index (χ3n) is 3.35. The van der Waals surface area contributed by atoms with Gasteiger partial charge in [0, 0.05) is 35.9 Å². The molecule has 18 heavy (non-hydrogen) atoms. The molecule has 0 spiro atoms. The van der Waals surface area contributed by atoms with E-state index in [2.05, 4.69) is 5.32 Å². The van der Waals surface area contributed by atoms with Crippen LogP contribution in [0, 0.1) is 0 Å². The van der Waals surface area contributed by atoms with Crippen LogP contribution in [0.4, 0.5) is 0 Å². The molecule has 0 bridgehead atoms. The summed E-state index contributed by atoms with van der Waals surface area (Å²) in [6, 6.07) is -0.117. The summed E-state index contributed by atoms with van der Waals surface area (Å²) in [5, 5.41) is 3.23. The van der Waals surface area contributed by atoms with Gasteiger partial charge in [-0.1, -0.05) is 12.8 Å². The van der Waals surface area contributed by atoms with Crippen molar-refractivity contribution in [2.24, 2.45) is 0 Å². The highest BCUT2D eigenvalue weighted by molar-refractivity contribution is 7.84. The van der Waals surface area contributed by atoms with E-state index >= 15 is 0 Å². The third kappa shape index (κ3) is 5.96. The molecule has 0 aromatic carbocycles. The molecule has 1 fully saturated rings. The van der Waals surface area contributed by atoms with Gasteiger partial charge in [-0.15, -0.1) is 0 Å². The molecular formula is C13H26N2O2S.